The quantitative estimate of drug-likeness (QED) is 0.759. The predicted octanol–water partition coefficient (Wildman–Crippen LogP) is 3.75. The highest BCUT2D eigenvalue weighted by atomic mass is 16.6. The number of fused-ring (bicyclic) bond motifs is 1. The van der Waals surface area contributed by atoms with Crippen molar-refractivity contribution in [1.82, 2.24) is 14.9 Å². The molecule has 3 atom stereocenters. The van der Waals surface area contributed by atoms with E-state index in [-0.39, 0.29) is 12.2 Å². The number of rotatable bonds is 4. The average Bonchev–Trinajstić information content (AvgIpc) is 3.23. The number of likely N-dealkylation sites (tertiary alicyclic amines) is 1. The Hall–Kier alpha value is -2.41. The van der Waals surface area contributed by atoms with Gasteiger partial charge in [0.05, 0.1) is 11.1 Å². The molecule has 170 valence electrons. The number of carbonyl (C=O) groups excluding carboxylic acids is 1. The van der Waals surface area contributed by atoms with Gasteiger partial charge in [-0.2, -0.15) is 0 Å². The van der Waals surface area contributed by atoms with E-state index in [1.165, 1.54) is 0 Å². The lowest BCUT2D eigenvalue weighted by Gasteiger charge is -2.57. The average molecular weight is 437 g/mol. The molecule has 2 aromatic rings. The van der Waals surface area contributed by atoms with E-state index in [0.29, 0.717) is 23.7 Å². The van der Waals surface area contributed by atoms with Crippen LogP contribution < -0.4 is 5.32 Å². The van der Waals surface area contributed by atoms with Crippen molar-refractivity contribution in [3.05, 3.63) is 30.1 Å². The van der Waals surface area contributed by atoms with Crippen molar-refractivity contribution in [3.8, 4) is 0 Å². The maximum Gasteiger partial charge on any atom is 0.410 e. The maximum absolute atomic E-state index is 12.9. The monoisotopic (exact) mass is 436 g/mol. The SMILES string of the molecule is Cc1nccc2nc(NC[C@@H]3CCN(C(=O)OC4C5CC6CC4CC(O)(C6)C5)C3)ccc12. The number of aliphatic hydroxyl groups is 1. The highest BCUT2D eigenvalue weighted by molar-refractivity contribution is 5.82. The number of aryl methyl sites for hydroxylation is 1. The largest absolute Gasteiger partial charge is 0.446 e. The van der Waals surface area contributed by atoms with Crippen LogP contribution in [0.2, 0.25) is 0 Å². The van der Waals surface area contributed by atoms with Crippen molar-refractivity contribution in [1.29, 1.82) is 0 Å². The van der Waals surface area contributed by atoms with Gasteiger partial charge in [-0.3, -0.25) is 4.98 Å². The molecular formula is C25H32N4O3. The lowest BCUT2D eigenvalue weighted by molar-refractivity contribution is -0.177. The third-order valence-corrected chi connectivity index (χ3v) is 8.32. The van der Waals surface area contributed by atoms with E-state index in [2.05, 4.69) is 16.4 Å². The van der Waals surface area contributed by atoms with Crippen LogP contribution in [0, 0.1) is 30.6 Å². The number of hydrogen-bond acceptors (Lipinski definition) is 6. The smallest absolute Gasteiger partial charge is 0.410 e. The lowest BCUT2D eigenvalue weighted by Crippen LogP contribution is -2.58. The molecule has 7 heteroatoms. The zero-order valence-electron chi connectivity index (χ0n) is 18.7. The number of aromatic nitrogens is 2. The molecule has 0 radical (unpaired) electrons. The Morgan fingerprint density at radius 1 is 1.25 bits per heavy atom. The fraction of sp³-hybridized carbons (Fsp3) is 0.640. The molecule has 2 unspecified atom stereocenters. The van der Waals surface area contributed by atoms with Gasteiger partial charge in [-0.1, -0.05) is 0 Å². The summed E-state index contributed by atoms with van der Waals surface area (Å²) in [4.78, 5) is 23.8. The van der Waals surface area contributed by atoms with Crippen molar-refractivity contribution in [3.63, 3.8) is 0 Å². The minimum absolute atomic E-state index is 0.00348. The fourth-order valence-corrected chi connectivity index (χ4v) is 7.03. The third kappa shape index (κ3) is 3.60. The summed E-state index contributed by atoms with van der Waals surface area (Å²) in [6, 6.07) is 5.99. The van der Waals surface area contributed by atoms with Crippen LogP contribution in [0.15, 0.2) is 24.4 Å². The Kier molecular flexibility index (Phi) is 4.79. The van der Waals surface area contributed by atoms with Gasteiger partial charge < -0.3 is 20.1 Å². The summed E-state index contributed by atoms with van der Waals surface area (Å²) < 4.78 is 6.06. The first kappa shape index (κ1) is 20.2. The maximum atomic E-state index is 12.9. The number of ether oxygens (including phenoxy) is 1. The van der Waals surface area contributed by atoms with E-state index in [4.69, 9.17) is 9.72 Å². The second-order valence-corrected chi connectivity index (χ2v) is 10.7. The van der Waals surface area contributed by atoms with Crippen LogP contribution in [-0.4, -0.2) is 57.4 Å². The van der Waals surface area contributed by atoms with E-state index in [1.54, 1.807) is 6.20 Å². The molecule has 1 saturated heterocycles. The molecule has 3 heterocycles. The van der Waals surface area contributed by atoms with Gasteiger partial charge in [0.1, 0.15) is 11.9 Å². The number of nitrogens with zero attached hydrogens (tertiary/aromatic N) is 3. The normalized spacial score (nSPS) is 35.4. The summed E-state index contributed by atoms with van der Waals surface area (Å²) in [6.07, 6.45) is 7.37. The highest BCUT2D eigenvalue weighted by Crippen LogP contribution is 2.56. The van der Waals surface area contributed by atoms with Gasteiger partial charge in [0, 0.05) is 36.9 Å². The van der Waals surface area contributed by atoms with Gasteiger partial charge in [0.15, 0.2) is 0 Å². The molecule has 7 rings (SSSR count). The molecule has 2 aromatic heterocycles. The molecule has 0 spiro atoms. The third-order valence-electron chi connectivity index (χ3n) is 8.32. The Bertz CT molecular complexity index is 1030. The molecule has 32 heavy (non-hydrogen) atoms. The number of hydrogen-bond donors (Lipinski definition) is 2. The van der Waals surface area contributed by atoms with E-state index in [9.17, 15) is 9.90 Å². The van der Waals surface area contributed by atoms with Crippen LogP contribution in [0.25, 0.3) is 10.9 Å². The van der Waals surface area contributed by atoms with E-state index in [1.807, 2.05) is 24.0 Å². The Labute approximate surface area is 188 Å². The molecule has 4 bridgehead atoms. The van der Waals surface area contributed by atoms with Crippen LogP contribution in [0.5, 0.6) is 0 Å². The van der Waals surface area contributed by atoms with Crippen molar-refractivity contribution >= 4 is 22.8 Å². The van der Waals surface area contributed by atoms with Crippen LogP contribution in [-0.2, 0) is 4.74 Å². The molecule has 1 aliphatic heterocycles. The van der Waals surface area contributed by atoms with Crippen molar-refractivity contribution in [2.24, 2.45) is 23.7 Å². The van der Waals surface area contributed by atoms with Crippen molar-refractivity contribution in [2.75, 3.05) is 25.0 Å². The molecule has 5 aliphatic rings. The first-order chi connectivity index (χ1) is 15.5. The van der Waals surface area contributed by atoms with E-state index in [0.717, 1.165) is 80.6 Å². The summed E-state index contributed by atoms with van der Waals surface area (Å²) in [7, 11) is 0. The fourth-order valence-electron chi connectivity index (χ4n) is 7.03. The number of carbonyl (C=O) groups is 1. The molecule has 4 saturated carbocycles. The van der Waals surface area contributed by atoms with Gasteiger partial charge in [0.2, 0.25) is 0 Å². The Morgan fingerprint density at radius 2 is 2.06 bits per heavy atom. The predicted molar refractivity (Wildman–Crippen MR) is 121 cm³/mol. The summed E-state index contributed by atoms with van der Waals surface area (Å²) in [6.45, 7) is 4.25. The van der Waals surface area contributed by atoms with Gasteiger partial charge in [-0.05, 0) is 87.3 Å². The van der Waals surface area contributed by atoms with Gasteiger partial charge >= 0.3 is 6.09 Å². The Morgan fingerprint density at radius 3 is 2.84 bits per heavy atom. The summed E-state index contributed by atoms with van der Waals surface area (Å²) in [5.41, 5.74) is 1.44. The van der Waals surface area contributed by atoms with Crippen LogP contribution in [0.4, 0.5) is 10.6 Å². The number of nitrogens with one attached hydrogen (secondary N) is 1. The van der Waals surface area contributed by atoms with E-state index < -0.39 is 5.60 Å². The minimum Gasteiger partial charge on any atom is -0.446 e. The van der Waals surface area contributed by atoms with Crippen LogP contribution in [0.3, 0.4) is 0 Å². The molecule has 7 nitrogen and oxygen atoms in total. The van der Waals surface area contributed by atoms with E-state index >= 15 is 0 Å². The summed E-state index contributed by atoms with van der Waals surface area (Å²) >= 11 is 0. The Balaban J connectivity index is 1.03. The molecular weight excluding hydrogens is 404 g/mol. The molecule has 2 N–H and O–H groups in total. The number of pyridine rings is 2. The second-order valence-electron chi connectivity index (χ2n) is 10.7. The van der Waals surface area contributed by atoms with Gasteiger partial charge in [0.25, 0.3) is 0 Å². The highest BCUT2D eigenvalue weighted by Gasteiger charge is 2.56. The summed E-state index contributed by atoms with van der Waals surface area (Å²) in [5.74, 6) is 2.55. The van der Waals surface area contributed by atoms with Crippen LogP contribution >= 0.6 is 0 Å². The van der Waals surface area contributed by atoms with Crippen LogP contribution in [0.1, 0.15) is 44.2 Å². The van der Waals surface area contributed by atoms with Crippen molar-refractivity contribution < 1.29 is 14.6 Å². The van der Waals surface area contributed by atoms with Crippen molar-refractivity contribution in [2.45, 2.75) is 57.2 Å². The molecule has 5 fully saturated rings. The molecule has 4 aliphatic carbocycles. The minimum atomic E-state index is -0.490. The number of amides is 1. The lowest BCUT2D eigenvalue weighted by atomic mass is 9.53. The zero-order chi connectivity index (χ0) is 21.9. The first-order valence-corrected chi connectivity index (χ1v) is 12.1. The molecule has 1 amide bonds. The standard InChI is InChI=1S/C25H32N4O3/c1-15-20-2-3-22(28-21(20)4-6-26-15)27-13-16-5-7-29(14-16)24(30)32-23-18-8-17-9-19(23)12-25(31,10-17)11-18/h2-4,6,16-19,23,31H,5,7-14H2,1H3,(H,27,28)/t16-,17?,18?,19?,23?,25?/m0/s1. The second kappa shape index (κ2) is 7.58. The zero-order valence-corrected chi connectivity index (χ0v) is 18.7. The van der Waals surface area contributed by atoms with Gasteiger partial charge in [-0.25, -0.2) is 9.78 Å². The van der Waals surface area contributed by atoms with Gasteiger partial charge in [-0.15, -0.1) is 0 Å². The summed E-state index contributed by atoms with van der Waals surface area (Å²) in [5, 5.41) is 15.3. The first-order valence-electron chi connectivity index (χ1n) is 12.1. The molecule has 0 aromatic carbocycles. The number of anilines is 1. The topological polar surface area (TPSA) is 87.6 Å².